The van der Waals surface area contributed by atoms with E-state index in [1.54, 1.807) is 6.92 Å². The van der Waals surface area contributed by atoms with Crippen LogP contribution in [-0.2, 0) is 9.53 Å². The molecular formula is C7H14O3. The SMILES string of the molecule is CC[C@H](C(=O)OC)[C@H](C)O. The summed E-state index contributed by atoms with van der Waals surface area (Å²) in [5, 5.41) is 9.01. The van der Waals surface area contributed by atoms with Crippen LogP contribution >= 0.6 is 0 Å². The highest BCUT2D eigenvalue weighted by Gasteiger charge is 2.21. The summed E-state index contributed by atoms with van der Waals surface area (Å²) in [5.74, 6) is -0.706. The topological polar surface area (TPSA) is 46.5 Å². The molecule has 0 radical (unpaired) electrons. The number of methoxy groups -OCH3 is 1. The highest BCUT2D eigenvalue weighted by molar-refractivity contribution is 5.72. The van der Waals surface area contributed by atoms with E-state index in [0.717, 1.165) is 0 Å². The zero-order valence-corrected chi connectivity index (χ0v) is 6.63. The summed E-state index contributed by atoms with van der Waals surface area (Å²) in [6, 6.07) is 0. The van der Waals surface area contributed by atoms with Gasteiger partial charge in [-0.2, -0.15) is 0 Å². The van der Waals surface area contributed by atoms with Crippen LogP contribution in [0.2, 0.25) is 0 Å². The second-order valence-corrected chi connectivity index (χ2v) is 2.28. The Bertz CT molecular complexity index is 109. The van der Waals surface area contributed by atoms with Gasteiger partial charge in [0, 0.05) is 0 Å². The molecule has 0 saturated carbocycles. The van der Waals surface area contributed by atoms with E-state index in [0.29, 0.717) is 6.42 Å². The Morgan fingerprint density at radius 2 is 2.20 bits per heavy atom. The first-order valence-electron chi connectivity index (χ1n) is 3.39. The fraction of sp³-hybridized carbons (Fsp3) is 0.857. The third-order valence-electron chi connectivity index (χ3n) is 1.53. The van der Waals surface area contributed by atoms with Gasteiger partial charge in [-0.1, -0.05) is 6.92 Å². The van der Waals surface area contributed by atoms with Crippen LogP contribution in [0.1, 0.15) is 20.3 Å². The quantitative estimate of drug-likeness (QED) is 0.592. The van der Waals surface area contributed by atoms with Crippen LogP contribution in [0.5, 0.6) is 0 Å². The first kappa shape index (κ1) is 9.43. The van der Waals surface area contributed by atoms with E-state index in [9.17, 15) is 4.79 Å². The van der Waals surface area contributed by atoms with Gasteiger partial charge in [0.2, 0.25) is 0 Å². The molecule has 0 aliphatic carbocycles. The predicted octanol–water partition coefficient (Wildman–Crippen LogP) is 0.566. The number of hydrogen-bond acceptors (Lipinski definition) is 3. The lowest BCUT2D eigenvalue weighted by atomic mass is 10.0. The van der Waals surface area contributed by atoms with Crippen LogP contribution in [0, 0.1) is 5.92 Å². The van der Waals surface area contributed by atoms with Gasteiger partial charge in [0.25, 0.3) is 0 Å². The molecule has 0 rings (SSSR count). The highest BCUT2D eigenvalue weighted by atomic mass is 16.5. The minimum Gasteiger partial charge on any atom is -0.469 e. The smallest absolute Gasteiger partial charge is 0.311 e. The summed E-state index contributed by atoms with van der Waals surface area (Å²) in [7, 11) is 1.33. The molecule has 0 bridgehead atoms. The molecule has 0 spiro atoms. The summed E-state index contributed by atoms with van der Waals surface area (Å²) >= 11 is 0. The van der Waals surface area contributed by atoms with Gasteiger partial charge in [-0.3, -0.25) is 4.79 Å². The van der Waals surface area contributed by atoms with Gasteiger partial charge in [-0.15, -0.1) is 0 Å². The van der Waals surface area contributed by atoms with Crippen molar-refractivity contribution in [1.29, 1.82) is 0 Å². The summed E-state index contributed by atoms with van der Waals surface area (Å²) in [6.07, 6.45) is 0.00194. The Morgan fingerprint density at radius 1 is 1.70 bits per heavy atom. The largest absolute Gasteiger partial charge is 0.469 e. The third-order valence-corrected chi connectivity index (χ3v) is 1.53. The van der Waals surface area contributed by atoms with Crippen molar-refractivity contribution in [2.45, 2.75) is 26.4 Å². The zero-order valence-electron chi connectivity index (χ0n) is 6.63. The van der Waals surface area contributed by atoms with Gasteiger partial charge in [-0.25, -0.2) is 0 Å². The minimum atomic E-state index is -0.613. The van der Waals surface area contributed by atoms with Gasteiger partial charge in [-0.05, 0) is 13.3 Å². The number of aliphatic hydroxyl groups is 1. The second kappa shape index (κ2) is 4.28. The Hall–Kier alpha value is -0.570. The van der Waals surface area contributed by atoms with Crippen molar-refractivity contribution in [3.8, 4) is 0 Å². The third kappa shape index (κ3) is 2.35. The lowest BCUT2D eigenvalue weighted by Crippen LogP contribution is -2.26. The molecule has 2 atom stereocenters. The van der Waals surface area contributed by atoms with Crippen molar-refractivity contribution in [1.82, 2.24) is 0 Å². The number of carbonyl (C=O) groups excluding carboxylic acids is 1. The summed E-state index contributed by atoms with van der Waals surface area (Å²) < 4.78 is 4.47. The fourth-order valence-corrected chi connectivity index (χ4v) is 0.856. The Morgan fingerprint density at radius 3 is 2.30 bits per heavy atom. The van der Waals surface area contributed by atoms with Crippen LogP contribution in [0.15, 0.2) is 0 Å². The standard InChI is InChI=1S/C7H14O3/c1-4-6(5(2)8)7(9)10-3/h5-6,8H,4H2,1-3H3/t5-,6-/m0/s1. The molecule has 1 N–H and O–H groups in total. The number of aliphatic hydroxyl groups excluding tert-OH is 1. The Kier molecular flexibility index (Phi) is 4.03. The average Bonchev–Trinajstić information content (AvgIpc) is 1.88. The summed E-state index contributed by atoms with van der Waals surface area (Å²) in [5.41, 5.74) is 0. The molecular weight excluding hydrogens is 132 g/mol. The van der Waals surface area contributed by atoms with Crippen LogP contribution in [0.3, 0.4) is 0 Å². The molecule has 0 aromatic heterocycles. The maximum Gasteiger partial charge on any atom is 0.311 e. The zero-order chi connectivity index (χ0) is 8.15. The molecule has 0 aliphatic heterocycles. The molecule has 0 fully saturated rings. The Labute approximate surface area is 61.0 Å². The van der Waals surface area contributed by atoms with Crippen LogP contribution < -0.4 is 0 Å². The molecule has 3 heteroatoms. The van der Waals surface area contributed by atoms with Gasteiger partial charge >= 0.3 is 5.97 Å². The molecule has 0 aromatic carbocycles. The molecule has 0 heterocycles. The van der Waals surface area contributed by atoms with Crippen molar-refractivity contribution in [3.63, 3.8) is 0 Å². The number of carbonyl (C=O) groups is 1. The van der Waals surface area contributed by atoms with E-state index in [2.05, 4.69) is 4.74 Å². The Balaban J connectivity index is 3.93. The van der Waals surface area contributed by atoms with E-state index in [-0.39, 0.29) is 11.9 Å². The molecule has 0 aliphatic rings. The van der Waals surface area contributed by atoms with Crippen molar-refractivity contribution in [2.24, 2.45) is 5.92 Å². The highest BCUT2D eigenvalue weighted by Crippen LogP contribution is 2.09. The average molecular weight is 146 g/mol. The van der Waals surface area contributed by atoms with Crippen molar-refractivity contribution in [2.75, 3.05) is 7.11 Å². The summed E-state index contributed by atoms with van der Waals surface area (Å²) in [4.78, 5) is 10.8. The second-order valence-electron chi connectivity index (χ2n) is 2.28. The number of hydrogen-bond donors (Lipinski definition) is 1. The molecule has 0 amide bonds. The van der Waals surface area contributed by atoms with Gasteiger partial charge < -0.3 is 9.84 Å². The van der Waals surface area contributed by atoms with Gasteiger partial charge in [0.1, 0.15) is 0 Å². The maximum absolute atomic E-state index is 10.8. The first-order chi connectivity index (χ1) is 4.63. The van der Waals surface area contributed by atoms with Gasteiger partial charge in [0.05, 0.1) is 19.1 Å². The van der Waals surface area contributed by atoms with E-state index in [1.165, 1.54) is 7.11 Å². The fourth-order valence-electron chi connectivity index (χ4n) is 0.856. The molecule has 10 heavy (non-hydrogen) atoms. The molecule has 0 aromatic rings. The maximum atomic E-state index is 10.8. The molecule has 0 unspecified atom stereocenters. The normalized spacial score (nSPS) is 16.0. The first-order valence-corrected chi connectivity index (χ1v) is 3.39. The predicted molar refractivity (Wildman–Crippen MR) is 37.5 cm³/mol. The van der Waals surface area contributed by atoms with Crippen LogP contribution in [0.25, 0.3) is 0 Å². The molecule has 0 saturated heterocycles. The monoisotopic (exact) mass is 146 g/mol. The lowest BCUT2D eigenvalue weighted by molar-refractivity contribution is -0.149. The number of rotatable bonds is 3. The minimum absolute atomic E-state index is 0.336. The van der Waals surface area contributed by atoms with Crippen LogP contribution in [0.4, 0.5) is 0 Å². The van der Waals surface area contributed by atoms with Gasteiger partial charge in [0.15, 0.2) is 0 Å². The van der Waals surface area contributed by atoms with E-state index < -0.39 is 6.10 Å². The molecule has 3 nitrogen and oxygen atoms in total. The lowest BCUT2D eigenvalue weighted by Gasteiger charge is -2.14. The van der Waals surface area contributed by atoms with Crippen molar-refractivity contribution >= 4 is 5.97 Å². The van der Waals surface area contributed by atoms with Crippen molar-refractivity contribution < 1.29 is 14.6 Å². The molecule has 60 valence electrons. The van der Waals surface area contributed by atoms with E-state index in [1.807, 2.05) is 6.92 Å². The van der Waals surface area contributed by atoms with Crippen molar-refractivity contribution in [3.05, 3.63) is 0 Å². The summed E-state index contributed by atoms with van der Waals surface area (Å²) in [6.45, 7) is 3.43. The van der Waals surface area contributed by atoms with E-state index in [4.69, 9.17) is 5.11 Å². The number of esters is 1. The number of ether oxygens (including phenoxy) is 1. The van der Waals surface area contributed by atoms with Crippen LogP contribution in [-0.4, -0.2) is 24.3 Å². The van der Waals surface area contributed by atoms with E-state index >= 15 is 0 Å².